The molecule has 0 N–H and O–H groups in total. The smallest absolute Gasteiger partial charge is 0.254 e. The molecule has 1 aromatic carbocycles. The van der Waals surface area contributed by atoms with Gasteiger partial charge in [0.1, 0.15) is 5.82 Å². The van der Waals surface area contributed by atoms with Gasteiger partial charge in [-0.25, -0.2) is 4.39 Å². The minimum absolute atomic E-state index is 0.0334. The van der Waals surface area contributed by atoms with Gasteiger partial charge >= 0.3 is 0 Å². The molecule has 1 aliphatic heterocycles. The predicted octanol–water partition coefficient (Wildman–Crippen LogP) is 2.61. The summed E-state index contributed by atoms with van der Waals surface area (Å²) in [6, 6.07) is 6.58. The molecular formula is C15H18FNO2. The number of benzene rings is 1. The summed E-state index contributed by atoms with van der Waals surface area (Å²) in [6.07, 6.45) is 3.91. The lowest BCUT2D eigenvalue weighted by atomic mass is 10.0. The van der Waals surface area contributed by atoms with E-state index >= 15 is 0 Å². The summed E-state index contributed by atoms with van der Waals surface area (Å²) in [4.78, 5) is 14.6. The maximum Gasteiger partial charge on any atom is 0.254 e. The highest BCUT2D eigenvalue weighted by Gasteiger charge is 2.38. The zero-order valence-electron chi connectivity index (χ0n) is 10.8. The highest BCUT2D eigenvalue weighted by atomic mass is 19.1. The van der Waals surface area contributed by atoms with Crippen LogP contribution in [-0.2, 0) is 4.74 Å². The first-order valence-electron chi connectivity index (χ1n) is 6.91. The molecule has 1 aromatic rings. The number of carbonyl (C=O) groups is 1. The molecule has 2 fully saturated rings. The summed E-state index contributed by atoms with van der Waals surface area (Å²) in [5.74, 6) is -0.387. The summed E-state index contributed by atoms with van der Waals surface area (Å²) >= 11 is 0. The van der Waals surface area contributed by atoms with Crippen molar-refractivity contribution in [3.05, 3.63) is 35.6 Å². The van der Waals surface area contributed by atoms with Crippen molar-refractivity contribution in [2.24, 2.45) is 0 Å². The Morgan fingerprint density at radius 3 is 2.47 bits per heavy atom. The van der Waals surface area contributed by atoms with Crippen LogP contribution in [0.25, 0.3) is 0 Å². The van der Waals surface area contributed by atoms with Crippen LogP contribution in [0.3, 0.4) is 0 Å². The Kier molecular flexibility index (Phi) is 3.51. The summed E-state index contributed by atoms with van der Waals surface area (Å²) in [6.45, 7) is 1.43. The normalized spacial score (nSPS) is 20.3. The first-order valence-corrected chi connectivity index (χ1v) is 6.91. The summed E-state index contributed by atoms with van der Waals surface area (Å²) in [5.41, 5.74) is 0.457. The molecule has 1 saturated carbocycles. The monoisotopic (exact) mass is 263 g/mol. The van der Waals surface area contributed by atoms with E-state index in [4.69, 9.17) is 4.74 Å². The fourth-order valence-corrected chi connectivity index (χ4v) is 2.72. The van der Waals surface area contributed by atoms with Gasteiger partial charge < -0.3 is 9.64 Å². The summed E-state index contributed by atoms with van der Waals surface area (Å²) < 4.78 is 18.6. The van der Waals surface area contributed by atoms with E-state index in [-0.39, 0.29) is 17.8 Å². The zero-order valence-corrected chi connectivity index (χ0v) is 10.8. The molecule has 2 aliphatic rings. The van der Waals surface area contributed by atoms with Gasteiger partial charge in [0.25, 0.3) is 5.91 Å². The maximum atomic E-state index is 13.3. The van der Waals surface area contributed by atoms with E-state index in [9.17, 15) is 9.18 Å². The molecule has 1 heterocycles. The van der Waals surface area contributed by atoms with Crippen LogP contribution >= 0.6 is 0 Å². The van der Waals surface area contributed by atoms with Crippen molar-refractivity contribution >= 4 is 5.91 Å². The molecule has 0 radical (unpaired) electrons. The van der Waals surface area contributed by atoms with Gasteiger partial charge in [-0.15, -0.1) is 0 Å². The van der Waals surface area contributed by atoms with Crippen LogP contribution in [0.4, 0.5) is 4.39 Å². The van der Waals surface area contributed by atoms with E-state index in [0.717, 1.165) is 25.7 Å². The van der Waals surface area contributed by atoms with Crippen LogP contribution in [0.5, 0.6) is 0 Å². The van der Waals surface area contributed by atoms with Crippen LogP contribution in [0.15, 0.2) is 24.3 Å². The molecule has 1 saturated heterocycles. The Morgan fingerprint density at radius 2 is 1.84 bits per heavy atom. The number of amides is 1. The molecule has 3 rings (SSSR count). The first kappa shape index (κ1) is 12.6. The second-order valence-corrected chi connectivity index (χ2v) is 5.30. The molecule has 0 atom stereocenters. The average molecular weight is 263 g/mol. The van der Waals surface area contributed by atoms with Crippen molar-refractivity contribution in [3.8, 4) is 0 Å². The topological polar surface area (TPSA) is 29.5 Å². The lowest BCUT2D eigenvalue weighted by Crippen LogP contribution is -2.44. The lowest BCUT2D eigenvalue weighted by molar-refractivity contribution is 0.0267. The van der Waals surface area contributed by atoms with Gasteiger partial charge in [-0.1, -0.05) is 6.07 Å². The highest BCUT2D eigenvalue weighted by Crippen LogP contribution is 2.33. The molecule has 4 heteroatoms. The fourth-order valence-electron chi connectivity index (χ4n) is 2.72. The molecule has 19 heavy (non-hydrogen) atoms. The van der Waals surface area contributed by atoms with E-state index in [2.05, 4.69) is 0 Å². The van der Waals surface area contributed by atoms with E-state index < -0.39 is 0 Å². The number of rotatable bonds is 3. The van der Waals surface area contributed by atoms with Crippen molar-refractivity contribution < 1.29 is 13.9 Å². The van der Waals surface area contributed by atoms with Crippen molar-refractivity contribution in [2.45, 2.75) is 37.8 Å². The van der Waals surface area contributed by atoms with Crippen LogP contribution in [0.1, 0.15) is 36.0 Å². The molecule has 102 valence electrons. The maximum absolute atomic E-state index is 13.3. The zero-order chi connectivity index (χ0) is 13.2. The Labute approximate surface area is 112 Å². The molecule has 0 unspecified atom stereocenters. The molecule has 1 aliphatic carbocycles. The van der Waals surface area contributed by atoms with Crippen molar-refractivity contribution in [1.29, 1.82) is 0 Å². The van der Waals surface area contributed by atoms with Crippen LogP contribution in [0, 0.1) is 5.82 Å². The lowest BCUT2D eigenvalue weighted by Gasteiger charge is -2.34. The van der Waals surface area contributed by atoms with Gasteiger partial charge in [-0.3, -0.25) is 4.79 Å². The Balaban J connectivity index is 1.81. The highest BCUT2D eigenvalue weighted by molar-refractivity contribution is 5.94. The molecule has 0 spiro atoms. The van der Waals surface area contributed by atoms with Crippen LogP contribution < -0.4 is 0 Å². The molecule has 0 aromatic heterocycles. The number of ether oxygens (including phenoxy) is 1. The summed E-state index contributed by atoms with van der Waals surface area (Å²) in [7, 11) is 0. The van der Waals surface area contributed by atoms with Crippen LogP contribution in [0.2, 0.25) is 0 Å². The molecule has 0 bridgehead atoms. The third-order valence-corrected chi connectivity index (χ3v) is 3.83. The van der Waals surface area contributed by atoms with Crippen LogP contribution in [-0.4, -0.2) is 36.1 Å². The number of halogens is 1. The average Bonchev–Trinajstić information content (AvgIpc) is 3.25. The quantitative estimate of drug-likeness (QED) is 0.839. The Morgan fingerprint density at radius 1 is 1.16 bits per heavy atom. The van der Waals surface area contributed by atoms with Gasteiger partial charge in [0.05, 0.1) is 0 Å². The number of hydrogen-bond acceptors (Lipinski definition) is 2. The molecule has 3 nitrogen and oxygen atoms in total. The minimum atomic E-state index is -0.353. The first-order chi connectivity index (χ1) is 9.25. The standard InChI is InChI=1S/C15H18FNO2/c16-12-3-1-2-11(10-12)15(18)17(13-4-5-13)14-6-8-19-9-7-14/h1-3,10,13-14H,4-9H2. The number of hydrogen-bond donors (Lipinski definition) is 0. The Bertz CT molecular complexity index is 467. The van der Waals surface area contributed by atoms with Gasteiger partial charge in [-0.2, -0.15) is 0 Å². The predicted molar refractivity (Wildman–Crippen MR) is 69.4 cm³/mol. The van der Waals surface area contributed by atoms with E-state index in [1.807, 2.05) is 4.90 Å². The van der Waals surface area contributed by atoms with Crippen molar-refractivity contribution in [1.82, 2.24) is 4.90 Å². The van der Waals surface area contributed by atoms with Gasteiger partial charge in [-0.05, 0) is 43.9 Å². The van der Waals surface area contributed by atoms with E-state index in [0.29, 0.717) is 24.8 Å². The van der Waals surface area contributed by atoms with E-state index in [1.54, 1.807) is 12.1 Å². The third kappa shape index (κ3) is 2.78. The largest absolute Gasteiger partial charge is 0.381 e. The second kappa shape index (κ2) is 5.29. The van der Waals surface area contributed by atoms with E-state index in [1.165, 1.54) is 12.1 Å². The van der Waals surface area contributed by atoms with Gasteiger partial charge in [0, 0.05) is 30.9 Å². The summed E-state index contributed by atoms with van der Waals surface area (Å²) in [5, 5.41) is 0. The van der Waals surface area contributed by atoms with Gasteiger partial charge in [0.15, 0.2) is 0 Å². The second-order valence-electron chi connectivity index (χ2n) is 5.30. The Hall–Kier alpha value is -1.42. The SMILES string of the molecule is O=C(c1cccc(F)c1)N(C1CCOCC1)C1CC1. The number of carbonyl (C=O) groups excluding carboxylic acids is 1. The number of nitrogens with zero attached hydrogens (tertiary/aromatic N) is 1. The fraction of sp³-hybridized carbons (Fsp3) is 0.533. The molecular weight excluding hydrogens is 245 g/mol. The van der Waals surface area contributed by atoms with Gasteiger partial charge in [0.2, 0.25) is 0 Å². The minimum Gasteiger partial charge on any atom is -0.381 e. The molecule has 1 amide bonds. The third-order valence-electron chi connectivity index (χ3n) is 3.83. The van der Waals surface area contributed by atoms with Crippen molar-refractivity contribution in [2.75, 3.05) is 13.2 Å². The van der Waals surface area contributed by atoms with Crippen molar-refractivity contribution in [3.63, 3.8) is 0 Å².